The molecule has 0 saturated carbocycles. The number of carbonyl (C=O) groups is 1. The smallest absolute Gasteiger partial charge is 0.227 e. The first-order valence-corrected chi connectivity index (χ1v) is 4.72. The van der Waals surface area contributed by atoms with E-state index in [0.717, 1.165) is 6.42 Å². The molecule has 0 unspecified atom stereocenters. The average Bonchev–Trinajstić information content (AvgIpc) is 2.64. The molecule has 1 aliphatic heterocycles. The highest BCUT2D eigenvalue weighted by Crippen LogP contribution is 2.23. The van der Waals surface area contributed by atoms with Gasteiger partial charge in [-0.25, -0.2) is 4.39 Å². The van der Waals surface area contributed by atoms with Crippen molar-refractivity contribution in [2.24, 2.45) is 0 Å². The van der Waals surface area contributed by atoms with Gasteiger partial charge < -0.3 is 4.90 Å². The van der Waals surface area contributed by atoms with Crippen LogP contribution >= 0.6 is 0 Å². The second-order valence-corrected chi connectivity index (χ2v) is 3.42. The summed E-state index contributed by atoms with van der Waals surface area (Å²) in [5, 5.41) is 8.56. The largest absolute Gasteiger partial charge is 0.312 e. The summed E-state index contributed by atoms with van der Waals surface area (Å²) in [6, 6.07) is 5.98. The van der Waals surface area contributed by atoms with Crippen molar-refractivity contribution in [2.45, 2.75) is 12.8 Å². The summed E-state index contributed by atoms with van der Waals surface area (Å²) in [4.78, 5) is 12.9. The number of anilines is 1. The molecule has 1 saturated heterocycles. The molecule has 0 aliphatic carbocycles. The molecule has 4 heteroatoms. The molecule has 2 rings (SSSR count). The number of amides is 1. The fraction of sp³-hybridized carbons (Fsp3) is 0.273. The summed E-state index contributed by atoms with van der Waals surface area (Å²) < 4.78 is 13.3. The van der Waals surface area contributed by atoms with E-state index in [1.807, 2.05) is 0 Å². The van der Waals surface area contributed by atoms with E-state index in [9.17, 15) is 9.18 Å². The van der Waals surface area contributed by atoms with Crippen LogP contribution in [0.15, 0.2) is 18.2 Å². The molecule has 1 amide bonds. The Morgan fingerprint density at radius 2 is 2.27 bits per heavy atom. The van der Waals surface area contributed by atoms with Crippen LogP contribution in [0.5, 0.6) is 0 Å². The molecular formula is C11H9FN2O. The maximum Gasteiger partial charge on any atom is 0.227 e. The summed E-state index contributed by atoms with van der Waals surface area (Å²) in [6.45, 7) is 0.629. The van der Waals surface area contributed by atoms with E-state index < -0.39 is 5.82 Å². The summed E-state index contributed by atoms with van der Waals surface area (Å²) >= 11 is 0. The summed E-state index contributed by atoms with van der Waals surface area (Å²) in [6.07, 6.45) is 1.32. The minimum atomic E-state index is -0.574. The van der Waals surface area contributed by atoms with Crippen molar-refractivity contribution in [3.8, 4) is 6.07 Å². The molecule has 1 aliphatic rings. The number of hydrogen-bond donors (Lipinski definition) is 0. The fourth-order valence-electron chi connectivity index (χ4n) is 1.68. The molecule has 0 atom stereocenters. The monoisotopic (exact) mass is 204 g/mol. The summed E-state index contributed by atoms with van der Waals surface area (Å²) in [7, 11) is 0. The lowest BCUT2D eigenvalue weighted by Crippen LogP contribution is -2.23. The topological polar surface area (TPSA) is 44.1 Å². The molecule has 0 aromatic heterocycles. The van der Waals surface area contributed by atoms with E-state index in [-0.39, 0.29) is 11.5 Å². The zero-order chi connectivity index (χ0) is 10.8. The normalized spacial score (nSPS) is 15.5. The van der Waals surface area contributed by atoms with Crippen LogP contribution in [0.3, 0.4) is 0 Å². The van der Waals surface area contributed by atoms with Gasteiger partial charge in [-0.3, -0.25) is 4.79 Å². The van der Waals surface area contributed by atoms with Crippen LogP contribution in [0.25, 0.3) is 0 Å². The Labute approximate surface area is 86.7 Å². The second kappa shape index (κ2) is 3.70. The van der Waals surface area contributed by atoms with E-state index in [2.05, 4.69) is 0 Å². The molecular weight excluding hydrogens is 195 g/mol. The molecule has 1 fully saturated rings. The molecule has 0 N–H and O–H groups in total. The predicted molar refractivity (Wildman–Crippen MR) is 52.7 cm³/mol. The van der Waals surface area contributed by atoms with Crippen LogP contribution < -0.4 is 4.90 Å². The predicted octanol–water partition coefficient (Wildman–Crippen LogP) is 1.82. The summed E-state index contributed by atoms with van der Waals surface area (Å²) in [5.41, 5.74) is 0.541. The lowest BCUT2D eigenvalue weighted by atomic mass is 10.2. The number of benzene rings is 1. The number of rotatable bonds is 1. The van der Waals surface area contributed by atoms with E-state index in [1.54, 1.807) is 17.0 Å². The van der Waals surface area contributed by atoms with Crippen LogP contribution in [-0.2, 0) is 4.79 Å². The molecule has 15 heavy (non-hydrogen) atoms. The zero-order valence-corrected chi connectivity index (χ0v) is 8.03. The molecule has 1 aromatic carbocycles. The first-order valence-electron chi connectivity index (χ1n) is 4.72. The summed E-state index contributed by atoms with van der Waals surface area (Å²) in [5.74, 6) is -0.561. The van der Waals surface area contributed by atoms with Gasteiger partial charge in [0, 0.05) is 18.7 Å². The van der Waals surface area contributed by atoms with Gasteiger partial charge in [0.25, 0.3) is 0 Å². The fourth-order valence-corrected chi connectivity index (χ4v) is 1.68. The lowest BCUT2D eigenvalue weighted by Gasteiger charge is -2.15. The van der Waals surface area contributed by atoms with E-state index in [1.165, 1.54) is 12.1 Å². The van der Waals surface area contributed by atoms with Gasteiger partial charge in [-0.2, -0.15) is 5.26 Å². The quantitative estimate of drug-likeness (QED) is 0.700. The number of nitriles is 1. The van der Waals surface area contributed by atoms with E-state index >= 15 is 0 Å². The Bertz CT molecular complexity index is 450. The van der Waals surface area contributed by atoms with Gasteiger partial charge in [0.2, 0.25) is 5.91 Å². The van der Waals surface area contributed by atoms with Crippen LogP contribution in [0.2, 0.25) is 0 Å². The minimum Gasteiger partial charge on any atom is -0.312 e. The Balaban J connectivity index is 2.34. The second-order valence-electron chi connectivity index (χ2n) is 3.42. The third-order valence-corrected chi connectivity index (χ3v) is 2.46. The van der Waals surface area contributed by atoms with Gasteiger partial charge in [0.1, 0.15) is 11.9 Å². The van der Waals surface area contributed by atoms with Crippen molar-refractivity contribution in [2.75, 3.05) is 11.4 Å². The molecule has 3 nitrogen and oxygen atoms in total. The van der Waals surface area contributed by atoms with Crippen molar-refractivity contribution in [3.63, 3.8) is 0 Å². The van der Waals surface area contributed by atoms with Crippen molar-refractivity contribution >= 4 is 11.6 Å². The Hall–Kier alpha value is -1.89. The van der Waals surface area contributed by atoms with Gasteiger partial charge >= 0.3 is 0 Å². The number of hydrogen-bond acceptors (Lipinski definition) is 2. The number of carbonyl (C=O) groups excluding carboxylic acids is 1. The Kier molecular flexibility index (Phi) is 2.38. The molecule has 0 radical (unpaired) electrons. The average molecular weight is 204 g/mol. The number of halogens is 1. The van der Waals surface area contributed by atoms with Crippen LogP contribution in [0.4, 0.5) is 10.1 Å². The first kappa shape index (κ1) is 9.66. The highest BCUT2D eigenvalue weighted by Gasteiger charge is 2.22. The molecule has 0 bridgehead atoms. The van der Waals surface area contributed by atoms with Crippen molar-refractivity contribution in [3.05, 3.63) is 29.6 Å². The first-order chi connectivity index (χ1) is 7.22. The van der Waals surface area contributed by atoms with Crippen molar-refractivity contribution in [1.29, 1.82) is 5.26 Å². The van der Waals surface area contributed by atoms with E-state index in [4.69, 9.17) is 5.26 Å². The Morgan fingerprint density at radius 3 is 2.80 bits per heavy atom. The lowest BCUT2D eigenvalue weighted by molar-refractivity contribution is -0.117. The molecule has 76 valence electrons. The zero-order valence-electron chi connectivity index (χ0n) is 8.03. The maximum absolute atomic E-state index is 13.3. The molecule has 1 heterocycles. The number of nitrogens with zero attached hydrogens (tertiary/aromatic N) is 2. The van der Waals surface area contributed by atoms with E-state index in [0.29, 0.717) is 18.7 Å². The molecule has 1 aromatic rings. The Morgan fingerprint density at radius 1 is 1.47 bits per heavy atom. The maximum atomic E-state index is 13.3. The van der Waals surface area contributed by atoms with Crippen molar-refractivity contribution in [1.82, 2.24) is 0 Å². The van der Waals surface area contributed by atoms with Crippen LogP contribution in [-0.4, -0.2) is 12.5 Å². The third kappa shape index (κ3) is 1.68. The standard InChI is InChI=1S/C11H9FN2O/c12-10-6-9(4-3-8(10)7-13)14-5-1-2-11(14)15/h3-4,6H,1-2,5H2. The van der Waals surface area contributed by atoms with Gasteiger partial charge in [0.15, 0.2) is 0 Å². The molecule has 0 spiro atoms. The third-order valence-electron chi connectivity index (χ3n) is 2.46. The minimum absolute atomic E-state index is 0.00500. The SMILES string of the molecule is N#Cc1ccc(N2CCCC2=O)cc1F. The van der Waals surface area contributed by atoms with Crippen LogP contribution in [0.1, 0.15) is 18.4 Å². The van der Waals surface area contributed by atoms with Crippen molar-refractivity contribution < 1.29 is 9.18 Å². The van der Waals surface area contributed by atoms with Crippen LogP contribution in [0, 0.1) is 17.1 Å². The van der Waals surface area contributed by atoms with Gasteiger partial charge in [-0.15, -0.1) is 0 Å². The highest BCUT2D eigenvalue weighted by atomic mass is 19.1. The highest BCUT2D eigenvalue weighted by molar-refractivity contribution is 5.95. The van der Waals surface area contributed by atoms with Gasteiger partial charge in [0.05, 0.1) is 5.56 Å². The van der Waals surface area contributed by atoms with Gasteiger partial charge in [-0.05, 0) is 24.6 Å². The van der Waals surface area contributed by atoms with Gasteiger partial charge in [-0.1, -0.05) is 0 Å².